The molecule has 0 spiro atoms. The van der Waals surface area contributed by atoms with Crippen molar-refractivity contribution in [1.29, 1.82) is 0 Å². The third-order valence-electron chi connectivity index (χ3n) is 3.67. The number of rotatable bonds is 3. The molecular weight excluding hydrogens is 328 g/mol. The first-order chi connectivity index (χ1) is 9.15. The van der Waals surface area contributed by atoms with Crippen LogP contribution in [0.25, 0.3) is 0 Å². The number of carbonyl (C=O) groups is 1. The van der Waals surface area contributed by atoms with Crippen molar-refractivity contribution in [3.8, 4) is 0 Å². The van der Waals surface area contributed by atoms with Crippen LogP contribution in [0.1, 0.15) is 25.7 Å². The van der Waals surface area contributed by atoms with Crippen molar-refractivity contribution >= 4 is 39.1 Å². The minimum atomic E-state index is -0.0179. The summed E-state index contributed by atoms with van der Waals surface area (Å²) in [6.07, 6.45) is 4.39. The molecule has 1 aromatic rings. The molecule has 3 nitrogen and oxygen atoms in total. The van der Waals surface area contributed by atoms with Gasteiger partial charge >= 0.3 is 0 Å². The summed E-state index contributed by atoms with van der Waals surface area (Å²) in [5.41, 5.74) is 0.920. The van der Waals surface area contributed by atoms with E-state index in [2.05, 4.69) is 21.2 Å². The molecule has 1 unspecified atom stereocenters. The number of hydrogen-bond donors (Lipinski definition) is 1. The Morgan fingerprint density at radius 1 is 1.32 bits per heavy atom. The predicted octanol–water partition coefficient (Wildman–Crippen LogP) is 3.35. The third kappa shape index (κ3) is 2.96. The molecule has 1 heterocycles. The minimum Gasteiger partial charge on any atom is -0.311 e. The molecule has 0 aromatic heterocycles. The molecule has 1 aliphatic carbocycles. The number of amides is 1. The van der Waals surface area contributed by atoms with E-state index in [4.69, 9.17) is 11.6 Å². The fourth-order valence-corrected chi connectivity index (χ4v) is 2.96. The van der Waals surface area contributed by atoms with Crippen LogP contribution in [0, 0.1) is 0 Å². The molecule has 1 atom stereocenters. The first-order valence-corrected chi connectivity index (χ1v) is 7.85. The Labute approximate surface area is 126 Å². The average Bonchev–Trinajstić information content (AvgIpc) is 3.20. The van der Waals surface area contributed by atoms with Gasteiger partial charge in [-0.15, -0.1) is 0 Å². The molecule has 0 bridgehead atoms. The number of halogens is 2. The first kappa shape index (κ1) is 13.4. The van der Waals surface area contributed by atoms with Crippen molar-refractivity contribution in [2.75, 3.05) is 11.4 Å². The Hall–Kier alpha value is -0.580. The summed E-state index contributed by atoms with van der Waals surface area (Å²) in [6.45, 7) is 0.787. The van der Waals surface area contributed by atoms with Gasteiger partial charge in [-0.05, 0) is 59.8 Å². The van der Waals surface area contributed by atoms with Crippen LogP contribution in [0.5, 0.6) is 0 Å². The van der Waals surface area contributed by atoms with E-state index in [-0.39, 0.29) is 11.9 Å². The highest BCUT2D eigenvalue weighted by Crippen LogP contribution is 2.30. The summed E-state index contributed by atoms with van der Waals surface area (Å²) in [6, 6.07) is 6.19. The molecular formula is C14H16BrClN2O. The van der Waals surface area contributed by atoms with Gasteiger partial charge in [0.25, 0.3) is 0 Å². The third-order valence-corrected chi connectivity index (χ3v) is 4.88. The second kappa shape index (κ2) is 5.43. The number of nitrogens with zero attached hydrogens (tertiary/aromatic N) is 1. The molecule has 1 saturated carbocycles. The molecule has 102 valence electrons. The summed E-state index contributed by atoms with van der Waals surface area (Å²) >= 11 is 9.41. The van der Waals surface area contributed by atoms with Gasteiger partial charge in [0.15, 0.2) is 0 Å². The SMILES string of the molecule is O=C1C(NC2CC2)CCCN1c1ccc(Cl)c(Br)c1. The maximum Gasteiger partial charge on any atom is 0.244 e. The first-order valence-electron chi connectivity index (χ1n) is 6.67. The van der Waals surface area contributed by atoms with Crippen LogP contribution in [-0.4, -0.2) is 24.5 Å². The Morgan fingerprint density at radius 2 is 2.11 bits per heavy atom. The van der Waals surface area contributed by atoms with Gasteiger partial charge in [-0.1, -0.05) is 11.6 Å². The van der Waals surface area contributed by atoms with Gasteiger partial charge < -0.3 is 10.2 Å². The van der Waals surface area contributed by atoms with Gasteiger partial charge in [-0.2, -0.15) is 0 Å². The fraction of sp³-hybridized carbons (Fsp3) is 0.500. The second-order valence-electron chi connectivity index (χ2n) is 5.22. The van der Waals surface area contributed by atoms with Gasteiger partial charge in [0.2, 0.25) is 5.91 Å². The monoisotopic (exact) mass is 342 g/mol. The normalized spacial score (nSPS) is 23.8. The average molecular weight is 344 g/mol. The lowest BCUT2D eigenvalue weighted by Gasteiger charge is -2.33. The second-order valence-corrected chi connectivity index (χ2v) is 6.49. The molecule has 19 heavy (non-hydrogen) atoms. The minimum absolute atomic E-state index is 0.0179. The van der Waals surface area contributed by atoms with E-state index >= 15 is 0 Å². The Bertz CT molecular complexity index is 504. The fourth-order valence-electron chi connectivity index (χ4n) is 2.47. The van der Waals surface area contributed by atoms with Gasteiger partial charge in [-0.3, -0.25) is 4.79 Å². The van der Waals surface area contributed by atoms with Crippen LogP contribution in [0.15, 0.2) is 22.7 Å². The van der Waals surface area contributed by atoms with Gasteiger partial charge in [-0.25, -0.2) is 0 Å². The molecule has 1 aliphatic heterocycles. The van der Waals surface area contributed by atoms with Crippen LogP contribution in [-0.2, 0) is 4.79 Å². The molecule has 5 heteroatoms. The topological polar surface area (TPSA) is 32.3 Å². The van der Waals surface area contributed by atoms with E-state index in [1.54, 1.807) is 0 Å². The van der Waals surface area contributed by atoms with Crippen molar-refractivity contribution in [3.05, 3.63) is 27.7 Å². The summed E-state index contributed by atoms with van der Waals surface area (Å²) in [7, 11) is 0. The molecule has 1 N–H and O–H groups in total. The van der Waals surface area contributed by atoms with Crippen LogP contribution >= 0.6 is 27.5 Å². The van der Waals surface area contributed by atoms with Crippen LogP contribution in [0.2, 0.25) is 5.02 Å². The molecule has 3 rings (SSSR count). The lowest BCUT2D eigenvalue weighted by molar-refractivity contribution is -0.121. The van der Waals surface area contributed by atoms with Gasteiger partial charge in [0, 0.05) is 22.7 Å². The molecule has 1 saturated heterocycles. The van der Waals surface area contributed by atoms with Crippen LogP contribution in [0.3, 0.4) is 0 Å². The van der Waals surface area contributed by atoms with Crippen LogP contribution in [0.4, 0.5) is 5.69 Å². The van der Waals surface area contributed by atoms with Crippen LogP contribution < -0.4 is 10.2 Å². The lowest BCUT2D eigenvalue weighted by atomic mass is 10.0. The van der Waals surface area contributed by atoms with Crippen molar-refractivity contribution in [2.45, 2.75) is 37.8 Å². The zero-order valence-electron chi connectivity index (χ0n) is 10.5. The standard InChI is InChI=1S/C14H16BrClN2O/c15-11-8-10(5-6-12(11)16)18-7-1-2-13(14(18)19)17-9-3-4-9/h5-6,8-9,13,17H,1-4,7H2. The Kier molecular flexibility index (Phi) is 3.83. The van der Waals surface area contributed by atoms with Crippen molar-refractivity contribution in [2.24, 2.45) is 0 Å². The highest BCUT2D eigenvalue weighted by Gasteiger charge is 2.33. The summed E-state index contributed by atoms with van der Waals surface area (Å²) in [5.74, 6) is 0.187. The lowest BCUT2D eigenvalue weighted by Crippen LogP contribution is -2.51. The molecule has 1 amide bonds. The zero-order valence-corrected chi connectivity index (χ0v) is 12.9. The van der Waals surface area contributed by atoms with E-state index in [1.807, 2.05) is 23.1 Å². The zero-order chi connectivity index (χ0) is 13.4. The van der Waals surface area contributed by atoms with E-state index < -0.39 is 0 Å². The summed E-state index contributed by atoms with van der Waals surface area (Å²) < 4.78 is 0.830. The maximum atomic E-state index is 12.5. The molecule has 0 radical (unpaired) electrons. The highest BCUT2D eigenvalue weighted by atomic mass is 79.9. The van der Waals surface area contributed by atoms with E-state index in [9.17, 15) is 4.79 Å². The summed E-state index contributed by atoms with van der Waals surface area (Å²) in [5, 5.41) is 4.11. The van der Waals surface area contributed by atoms with Gasteiger partial charge in [0.1, 0.15) is 0 Å². The molecule has 2 aliphatic rings. The van der Waals surface area contributed by atoms with Crippen molar-refractivity contribution in [1.82, 2.24) is 5.32 Å². The molecule has 2 fully saturated rings. The number of piperidine rings is 1. The number of carbonyl (C=O) groups excluding carboxylic acids is 1. The number of anilines is 1. The van der Waals surface area contributed by atoms with Crippen molar-refractivity contribution in [3.63, 3.8) is 0 Å². The quantitative estimate of drug-likeness (QED) is 0.913. The highest BCUT2D eigenvalue weighted by molar-refractivity contribution is 9.10. The van der Waals surface area contributed by atoms with E-state index in [0.717, 1.165) is 29.5 Å². The molecule has 1 aromatic carbocycles. The number of hydrogen-bond acceptors (Lipinski definition) is 2. The Morgan fingerprint density at radius 3 is 2.79 bits per heavy atom. The van der Waals surface area contributed by atoms with E-state index in [0.29, 0.717) is 11.1 Å². The Balaban J connectivity index is 1.78. The van der Waals surface area contributed by atoms with Crippen molar-refractivity contribution < 1.29 is 4.79 Å². The predicted molar refractivity (Wildman–Crippen MR) is 80.7 cm³/mol. The smallest absolute Gasteiger partial charge is 0.244 e. The number of nitrogens with one attached hydrogen (secondary N) is 1. The number of benzene rings is 1. The van der Waals surface area contributed by atoms with Gasteiger partial charge in [0.05, 0.1) is 11.1 Å². The summed E-state index contributed by atoms with van der Waals surface area (Å²) in [4.78, 5) is 14.4. The maximum absolute atomic E-state index is 12.5. The largest absolute Gasteiger partial charge is 0.311 e. The van der Waals surface area contributed by atoms with E-state index in [1.165, 1.54) is 12.8 Å².